The van der Waals surface area contributed by atoms with Crippen molar-refractivity contribution in [2.24, 2.45) is 0 Å². The van der Waals surface area contributed by atoms with Gasteiger partial charge in [0.05, 0.1) is 16.6 Å². The number of alkyl halides is 3. The number of aromatic nitrogens is 1. The van der Waals surface area contributed by atoms with Gasteiger partial charge in [-0.3, -0.25) is 15.0 Å². The average Bonchev–Trinajstić information content (AvgIpc) is 2.34. The van der Waals surface area contributed by atoms with Crippen LogP contribution in [0.2, 0.25) is 0 Å². The third-order valence-corrected chi connectivity index (χ3v) is 2.61. The van der Waals surface area contributed by atoms with E-state index in [2.05, 4.69) is 4.98 Å². The highest BCUT2D eigenvalue weighted by atomic mass is 19.4. The molecule has 4 nitrogen and oxygen atoms in total. The molecule has 1 heterocycles. The third kappa shape index (κ3) is 2.37. The van der Waals surface area contributed by atoms with E-state index in [4.69, 9.17) is 5.21 Å². The Balaban J connectivity index is 2.90. The van der Waals surface area contributed by atoms with Crippen LogP contribution in [-0.2, 0) is 6.18 Å². The molecule has 2 N–H and O–H groups in total. The van der Waals surface area contributed by atoms with Crippen molar-refractivity contribution >= 4 is 16.8 Å². The van der Waals surface area contributed by atoms with Gasteiger partial charge in [0, 0.05) is 11.1 Å². The van der Waals surface area contributed by atoms with Crippen molar-refractivity contribution in [3.8, 4) is 0 Å². The molecule has 0 radical (unpaired) electrons. The number of halogens is 3. The van der Waals surface area contributed by atoms with E-state index in [1.807, 2.05) is 0 Å². The summed E-state index contributed by atoms with van der Waals surface area (Å²) in [7, 11) is 0. The van der Waals surface area contributed by atoms with E-state index >= 15 is 0 Å². The van der Waals surface area contributed by atoms with Crippen LogP contribution in [-0.4, -0.2) is 16.1 Å². The molecule has 1 aromatic carbocycles. The topological polar surface area (TPSA) is 62.2 Å². The Labute approximate surface area is 105 Å². The highest BCUT2D eigenvalue weighted by Crippen LogP contribution is 2.36. The second-order valence-corrected chi connectivity index (χ2v) is 3.95. The number of carbonyl (C=O) groups is 1. The second kappa shape index (κ2) is 4.51. The highest BCUT2D eigenvalue weighted by Gasteiger charge is 2.34. The van der Waals surface area contributed by atoms with Gasteiger partial charge in [-0.1, -0.05) is 6.07 Å². The van der Waals surface area contributed by atoms with Crippen LogP contribution in [0, 0.1) is 6.92 Å². The fourth-order valence-electron chi connectivity index (χ4n) is 1.90. The summed E-state index contributed by atoms with van der Waals surface area (Å²) in [4.78, 5) is 15.5. The Kier molecular flexibility index (Phi) is 3.15. The van der Waals surface area contributed by atoms with E-state index in [0.29, 0.717) is 5.69 Å². The van der Waals surface area contributed by atoms with E-state index in [-0.39, 0.29) is 16.5 Å². The Morgan fingerprint density at radius 1 is 1.37 bits per heavy atom. The maximum atomic E-state index is 12.9. The number of fused-ring (bicyclic) bond motifs is 1. The summed E-state index contributed by atoms with van der Waals surface area (Å²) >= 11 is 0. The van der Waals surface area contributed by atoms with Crippen LogP contribution in [0.15, 0.2) is 24.3 Å². The molecule has 100 valence electrons. The summed E-state index contributed by atoms with van der Waals surface area (Å²) in [5.74, 6) is -1.01. The van der Waals surface area contributed by atoms with E-state index in [1.165, 1.54) is 23.7 Å². The number of rotatable bonds is 1. The number of hydroxylamine groups is 1. The Morgan fingerprint density at radius 2 is 2.05 bits per heavy atom. The number of carbonyl (C=O) groups excluding carboxylic acids is 1. The fraction of sp³-hybridized carbons (Fsp3) is 0.167. The van der Waals surface area contributed by atoms with Gasteiger partial charge in [-0.25, -0.2) is 5.48 Å². The first kappa shape index (κ1) is 13.3. The molecule has 1 amide bonds. The van der Waals surface area contributed by atoms with Crippen molar-refractivity contribution in [3.63, 3.8) is 0 Å². The van der Waals surface area contributed by atoms with Gasteiger partial charge in [0.2, 0.25) is 0 Å². The number of pyridine rings is 1. The number of hydrogen-bond acceptors (Lipinski definition) is 3. The summed E-state index contributed by atoms with van der Waals surface area (Å²) in [5, 5.41) is 8.30. The maximum Gasteiger partial charge on any atom is 0.417 e. The first-order valence-corrected chi connectivity index (χ1v) is 5.26. The third-order valence-electron chi connectivity index (χ3n) is 2.61. The number of amides is 1. The van der Waals surface area contributed by atoms with Gasteiger partial charge in [0.1, 0.15) is 0 Å². The molecule has 0 saturated carbocycles. The Bertz CT molecular complexity index is 653. The van der Waals surface area contributed by atoms with Gasteiger partial charge in [-0.05, 0) is 25.1 Å². The fourth-order valence-corrected chi connectivity index (χ4v) is 1.90. The molecule has 0 aliphatic carbocycles. The summed E-state index contributed by atoms with van der Waals surface area (Å²) < 4.78 is 38.8. The lowest BCUT2D eigenvalue weighted by atomic mass is 10.0. The van der Waals surface area contributed by atoms with E-state index in [0.717, 1.165) is 6.07 Å². The smallest absolute Gasteiger partial charge is 0.288 e. The molecule has 1 aromatic heterocycles. The second-order valence-electron chi connectivity index (χ2n) is 3.95. The number of aryl methyl sites for hydroxylation is 1. The molecular formula is C12H9F3N2O2. The lowest BCUT2D eigenvalue weighted by molar-refractivity contribution is -0.136. The normalized spacial score (nSPS) is 11.6. The van der Waals surface area contributed by atoms with Crippen molar-refractivity contribution in [1.29, 1.82) is 0 Å². The molecule has 7 heteroatoms. The van der Waals surface area contributed by atoms with Gasteiger partial charge in [-0.15, -0.1) is 0 Å². The van der Waals surface area contributed by atoms with Gasteiger partial charge in [0.15, 0.2) is 0 Å². The molecule has 2 aromatic rings. The minimum absolute atomic E-state index is 0.0495. The van der Waals surface area contributed by atoms with Crippen LogP contribution in [0.25, 0.3) is 10.9 Å². The molecule has 0 aliphatic rings. The number of nitrogens with one attached hydrogen (secondary N) is 1. The van der Waals surface area contributed by atoms with Gasteiger partial charge in [0.25, 0.3) is 5.91 Å². The molecule has 0 spiro atoms. The van der Waals surface area contributed by atoms with E-state index in [9.17, 15) is 18.0 Å². The Morgan fingerprint density at radius 3 is 2.63 bits per heavy atom. The van der Waals surface area contributed by atoms with Crippen molar-refractivity contribution in [2.45, 2.75) is 13.1 Å². The van der Waals surface area contributed by atoms with Crippen LogP contribution < -0.4 is 5.48 Å². The monoisotopic (exact) mass is 270 g/mol. The zero-order valence-corrected chi connectivity index (χ0v) is 9.75. The van der Waals surface area contributed by atoms with Crippen LogP contribution >= 0.6 is 0 Å². The van der Waals surface area contributed by atoms with Crippen molar-refractivity contribution in [1.82, 2.24) is 10.5 Å². The van der Waals surface area contributed by atoms with Crippen molar-refractivity contribution in [3.05, 3.63) is 41.1 Å². The molecule has 0 unspecified atom stereocenters. The predicted octanol–water partition coefficient (Wildman–Crippen LogP) is 2.68. The number of hydrogen-bond donors (Lipinski definition) is 2. The van der Waals surface area contributed by atoms with Crippen LogP contribution in [0.5, 0.6) is 0 Å². The van der Waals surface area contributed by atoms with Gasteiger partial charge in [-0.2, -0.15) is 13.2 Å². The molecule has 0 fully saturated rings. The first-order chi connectivity index (χ1) is 8.84. The van der Waals surface area contributed by atoms with Crippen molar-refractivity contribution < 1.29 is 23.2 Å². The zero-order valence-electron chi connectivity index (χ0n) is 9.75. The zero-order chi connectivity index (χ0) is 14.2. The molecular weight excluding hydrogens is 261 g/mol. The highest BCUT2D eigenvalue weighted by molar-refractivity contribution is 6.07. The largest absolute Gasteiger partial charge is 0.417 e. The van der Waals surface area contributed by atoms with Crippen LogP contribution in [0.1, 0.15) is 21.6 Å². The summed E-state index contributed by atoms with van der Waals surface area (Å²) in [5.41, 5.74) is 0.547. The lowest BCUT2D eigenvalue weighted by Crippen LogP contribution is -2.20. The minimum atomic E-state index is -4.61. The van der Waals surface area contributed by atoms with Crippen molar-refractivity contribution in [2.75, 3.05) is 0 Å². The minimum Gasteiger partial charge on any atom is -0.288 e. The first-order valence-electron chi connectivity index (χ1n) is 5.26. The number of nitrogens with zero attached hydrogens (tertiary/aromatic N) is 1. The quantitative estimate of drug-likeness (QED) is 0.618. The standard InChI is InChI=1S/C12H9F3N2O2/c1-6-5-7(11(18)17-19)10-8(12(13,14)15)3-2-4-9(10)16-6/h2-5,19H,1H3,(H,17,18). The predicted molar refractivity (Wildman–Crippen MR) is 60.7 cm³/mol. The molecule has 0 bridgehead atoms. The molecule has 0 aliphatic heterocycles. The summed E-state index contributed by atoms with van der Waals surface area (Å²) in [6.45, 7) is 1.55. The van der Waals surface area contributed by atoms with Crippen LogP contribution in [0.4, 0.5) is 13.2 Å². The van der Waals surface area contributed by atoms with Gasteiger partial charge >= 0.3 is 6.18 Å². The van der Waals surface area contributed by atoms with E-state index in [1.54, 1.807) is 6.92 Å². The lowest BCUT2D eigenvalue weighted by Gasteiger charge is -2.13. The Hall–Kier alpha value is -2.15. The van der Waals surface area contributed by atoms with Crippen LogP contribution in [0.3, 0.4) is 0 Å². The molecule has 19 heavy (non-hydrogen) atoms. The maximum absolute atomic E-state index is 12.9. The van der Waals surface area contributed by atoms with Gasteiger partial charge < -0.3 is 0 Å². The SMILES string of the molecule is Cc1cc(C(=O)NO)c2c(C(F)(F)F)cccc2n1. The molecule has 0 saturated heterocycles. The molecule has 0 atom stereocenters. The van der Waals surface area contributed by atoms with E-state index < -0.39 is 17.6 Å². The summed E-state index contributed by atoms with van der Waals surface area (Å²) in [6.07, 6.45) is -4.61. The number of benzene rings is 1. The average molecular weight is 270 g/mol. The summed E-state index contributed by atoms with van der Waals surface area (Å²) in [6, 6.07) is 4.67. The molecule has 2 rings (SSSR count).